The van der Waals surface area contributed by atoms with Gasteiger partial charge in [0, 0.05) is 24.7 Å². The lowest BCUT2D eigenvalue weighted by molar-refractivity contribution is 0.744. The van der Waals surface area contributed by atoms with Crippen LogP contribution in [0.1, 0.15) is 25.7 Å². The fourth-order valence-corrected chi connectivity index (χ4v) is 3.69. The highest BCUT2D eigenvalue weighted by molar-refractivity contribution is 5.84. The van der Waals surface area contributed by atoms with Crippen LogP contribution in [0.15, 0.2) is 41.5 Å². The number of aromatic nitrogens is 6. The zero-order chi connectivity index (χ0) is 18.4. The van der Waals surface area contributed by atoms with Crippen LogP contribution in [-0.4, -0.2) is 35.6 Å². The molecule has 4 aromatic rings. The van der Waals surface area contributed by atoms with Crippen LogP contribution in [0.2, 0.25) is 0 Å². The molecule has 0 saturated heterocycles. The van der Waals surface area contributed by atoms with E-state index in [9.17, 15) is 4.79 Å². The molecule has 1 fully saturated rings. The highest BCUT2D eigenvalue weighted by Crippen LogP contribution is 2.22. The molecule has 1 saturated carbocycles. The summed E-state index contributed by atoms with van der Waals surface area (Å²) in [6, 6.07) is 7.96. The van der Waals surface area contributed by atoms with Crippen LogP contribution in [0, 0.1) is 0 Å². The predicted octanol–water partition coefficient (Wildman–Crippen LogP) is 2.42. The highest BCUT2D eigenvalue weighted by Gasteiger charge is 2.17. The van der Waals surface area contributed by atoms with E-state index in [1.807, 2.05) is 24.3 Å². The summed E-state index contributed by atoms with van der Waals surface area (Å²) in [6.45, 7) is 0. The van der Waals surface area contributed by atoms with Gasteiger partial charge in [0.15, 0.2) is 11.2 Å². The topological polar surface area (TPSA) is 90.5 Å². The molecule has 0 amide bonds. The van der Waals surface area contributed by atoms with Gasteiger partial charge >= 0.3 is 0 Å². The van der Waals surface area contributed by atoms with E-state index in [2.05, 4.69) is 25.6 Å². The smallest absolute Gasteiger partial charge is 0.258 e. The number of aryl methyl sites for hydroxylation is 1. The molecule has 136 valence electrons. The first-order valence-corrected chi connectivity index (χ1v) is 9.14. The van der Waals surface area contributed by atoms with Crippen LogP contribution < -0.4 is 10.9 Å². The molecular formula is C19H19N7O. The fraction of sp³-hybridized carbons (Fsp3) is 0.316. The molecule has 0 atom stereocenters. The minimum Gasteiger partial charge on any atom is -0.351 e. The van der Waals surface area contributed by atoms with E-state index in [4.69, 9.17) is 0 Å². The van der Waals surface area contributed by atoms with Crippen molar-refractivity contribution in [3.05, 3.63) is 47.0 Å². The molecule has 27 heavy (non-hydrogen) atoms. The summed E-state index contributed by atoms with van der Waals surface area (Å²) < 4.78 is 3.26. The predicted molar refractivity (Wildman–Crippen MR) is 103 cm³/mol. The van der Waals surface area contributed by atoms with E-state index in [1.54, 1.807) is 28.7 Å². The number of rotatable bonds is 3. The van der Waals surface area contributed by atoms with Crippen LogP contribution in [0.3, 0.4) is 0 Å². The summed E-state index contributed by atoms with van der Waals surface area (Å²) in [5.41, 5.74) is 2.07. The maximum absolute atomic E-state index is 12.2. The lowest BCUT2D eigenvalue weighted by Gasteiger charge is -2.11. The summed E-state index contributed by atoms with van der Waals surface area (Å²) in [6.07, 6.45) is 8.25. The van der Waals surface area contributed by atoms with Gasteiger partial charge in [0.2, 0.25) is 5.95 Å². The van der Waals surface area contributed by atoms with Crippen molar-refractivity contribution in [1.29, 1.82) is 0 Å². The summed E-state index contributed by atoms with van der Waals surface area (Å²) in [7, 11) is 1.75. The Morgan fingerprint density at radius 2 is 2.04 bits per heavy atom. The van der Waals surface area contributed by atoms with E-state index in [0.29, 0.717) is 28.5 Å². The molecule has 1 aliphatic rings. The minimum absolute atomic E-state index is 0.0205. The van der Waals surface area contributed by atoms with Crippen molar-refractivity contribution in [2.45, 2.75) is 31.7 Å². The molecule has 0 radical (unpaired) electrons. The second kappa shape index (κ2) is 6.15. The Morgan fingerprint density at radius 3 is 2.89 bits per heavy atom. The van der Waals surface area contributed by atoms with E-state index in [-0.39, 0.29) is 5.56 Å². The van der Waals surface area contributed by atoms with Gasteiger partial charge < -0.3 is 9.88 Å². The average molecular weight is 361 g/mol. The van der Waals surface area contributed by atoms with Crippen molar-refractivity contribution in [2.75, 3.05) is 5.32 Å². The van der Waals surface area contributed by atoms with Gasteiger partial charge in [-0.05, 0) is 42.5 Å². The fourth-order valence-electron chi connectivity index (χ4n) is 3.69. The number of benzene rings is 1. The molecule has 1 aliphatic carbocycles. The SMILES string of the molecule is Cn1ccc2cc(-n3nnc4cnc(NC5CCCC5)nc43)ccc2c1=O. The molecule has 8 heteroatoms. The third kappa shape index (κ3) is 2.73. The monoisotopic (exact) mass is 361 g/mol. The third-order valence-electron chi connectivity index (χ3n) is 5.19. The number of nitrogens with zero attached hydrogens (tertiary/aromatic N) is 6. The quantitative estimate of drug-likeness (QED) is 0.603. The molecule has 0 aliphatic heterocycles. The number of fused-ring (bicyclic) bond motifs is 2. The summed E-state index contributed by atoms with van der Waals surface area (Å²) in [5.74, 6) is 0.604. The van der Waals surface area contributed by atoms with E-state index < -0.39 is 0 Å². The first-order valence-electron chi connectivity index (χ1n) is 9.14. The maximum atomic E-state index is 12.2. The van der Waals surface area contributed by atoms with Crippen LogP contribution in [0.5, 0.6) is 0 Å². The molecule has 3 heterocycles. The standard InChI is InChI=1S/C19H19N7O/c1-25-9-8-12-10-14(6-7-15(12)18(25)27)26-17-16(23-24-26)11-20-19(22-17)21-13-4-2-3-5-13/h6-11,13H,2-5H2,1H3,(H,20,21,22). The summed E-state index contributed by atoms with van der Waals surface area (Å²) in [4.78, 5) is 21.3. The Morgan fingerprint density at radius 1 is 1.19 bits per heavy atom. The molecule has 0 bridgehead atoms. The van der Waals surface area contributed by atoms with Gasteiger partial charge in [-0.3, -0.25) is 4.79 Å². The molecule has 5 rings (SSSR count). The van der Waals surface area contributed by atoms with Gasteiger partial charge in [-0.15, -0.1) is 5.10 Å². The maximum Gasteiger partial charge on any atom is 0.258 e. The largest absolute Gasteiger partial charge is 0.351 e. The van der Waals surface area contributed by atoms with Gasteiger partial charge in [-0.2, -0.15) is 9.67 Å². The van der Waals surface area contributed by atoms with Gasteiger partial charge in [0.1, 0.15) is 0 Å². The molecule has 1 N–H and O–H groups in total. The third-order valence-corrected chi connectivity index (χ3v) is 5.19. The minimum atomic E-state index is -0.0205. The molecule has 1 aromatic carbocycles. The van der Waals surface area contributed by atoms with Gasteiger partial charge in [-0.1, -0.05) is 18.1 Å². The average Bonchev–Trinajstić information content (AvgIpc) is 3.34. The van der Waals surface area contributed by atoms with Crippen LogP contribution in [0.4, 0.5) is 5.95 Å². The Hall–Kier alpha value is -3.29. The lowest BCUT2D eigenvalue weighted by Crippen LogP contribution is -2.16. The number of anilines is 1. The zero-order valence-electron chi connectivity index (χ0n) is 15.0. The van der Waals surface area contributed by atoms with Crippen LogP contribution in [0.25, 0.3) is 27.6 Å². The number of pyridine rings is 1. The van der Waals surface area contributed by atoms with E-state index in [1.165, 1.54) is 12.8 Å². The van der Waals surface area contributed by atoms with E-state index in [0.717, 1.165) is 23.9 Å². The Bertz CT molecular complexity index is 1200. The lowest BCUT2D eigenvalue weighted by atomic mass is 10.1. The normalized spacial score (nSPS) is 15.0. The van der Waals surface area contributed by atoms with Crippen molar-refractivity contribution < 1.29 is 0 Å². The van der Waals surface area contributed by atoms with Crippen molar-refractivity contribution >= 4 is 27.9 Å². The highest BCUT2D eigenvalue weighted by atomic mass is 16.1. The Labute approximate surface area is 154 Å². The van der Waals surface area contributed by atoms with Gasteiger partial charge in [0.25, 0.3) is 5.56 Å². The molecule has 3 aromatic heterocycles. The Kier molecular flexibility index (Phi) is 3.63. The molecule has 8 nitrogen and oxygen atoms in total. The van der Waals surface area contributed by atoms with Crippen LogP contribution in [-0.2, 0) is 7.05 Å². The number of hydrogen-bond donors (Lipinski definition) is 1. The molecule has 0 unspecified atom stereocenters. The van der Waals surface area contributed by atoms with Crippen molar-refractivity contribution in [2.24, 2.45) is 7.05 Å². The van der Waals surface area contributed by atoms with E-state index >= 15 is 0 Å². The van der Waals surface area contributed by atoms with Crippen molar-refractivity contribution in [1.82, 2.24) is 29.5 Å². The van der Waals surface area contributed by atoms with Crippen LogP contribution >= 0.6 is 0 Å². The first-order chi connectivity index (χ1) is 13.2. The van der Waals surface area contributed by atoms with Crippen molar-refractivity contribution in [3.63, 3.8) is 0 Å². The molecular weight excluding hydrogens is 342 g/mol. The number of hydrogen-bond acceptors (Lipinski definition) is 6. The first kappa shape index (κ1) is 15.9. The van der Waals surface area contributed by atoms with Crippen molar-refractivity contribution in [3.8, 4) is 5.69 Å². The summed E-state index contributed by atoms with van der Waals surface area (Å²) in [5, 5.41) is 13.4. The van der Waals surface area contributed by atoms with Gasteiger partial charge in [-0.25, -0.2) is 4.98 Å². The molecule has 0 spiro atoms. The second-order valence-electron chi connectivity index (χ2n) is 7.03. The Balaban J connectivity index is 1.58. The zero-order valence-corrected chi connectivity index (χ0v) is 15.0. The van der Waals surface area contributed by atoms with Gasteiger partial charge in [0.05, 0.1) is 11.9 Å². The second-order valence-corrected chi connectivity index (χ2v) is 7.03. The number of nitrogens with one attached hydrogen (secondary N) is 1. The summed E-state index contributed by atoms with van der Waals surface area (Å²) >= 11 is 0.